The fraction of sp³-hybridized carbons (Fsp3) is 0.100. The lowest BCUT2D eigenvalue weighted by atomic mass is 10.1. The van der Waals surface area contributed by atoms with E-state index in [0.717, 1.165) is 0 Å². The van der Waals surface area contributed by atoms with Gasteiger partial charge in [0.25, 0.3) is 20.0 Å². The van der Waals surface area contributed by atoms with Gasteiger partial charge in [-0.15, -0.1) is 0 Å². The number of rotatable bonds is 7. The molecular formula is C20H18FNO4S2. The van der Waals surface area contributed by atoms with Gasteiger partial charge >= 0.3 is 0 Å². The summed E-state index contributed by atoms with van der Waals surface area (Å²) in [5.74, 6) is 0. The molecule has 3 rings (SSSR count). The third-order valence-electron chi connectivity index (χ3n) is 4.09. The topological polar surface area (TPSA) is 71.5 Å². The smallest absolute Gasteiger partial charge is 0.241 e. The zero-order valence-electron chi connectivity index (χ0n) is 14.7. The van der Waals surface area contributed by atoms with Crippen LogP contribution in [0, 0.1) is 0 Å². The molecule has 0 heterocycles. The maximum absolute atomic E-state index is 14.9. The zero-order chi connectivity index (χ0) is 20.2. The summed E-state index contributed by atoms with van der Waals surface area (Å²) < 4.78 is 67.5. The van der Waals surface area contributed by atoms with E-state index >= 15 is 0 Å². The highest BCUT2D eigenvalue weighted by Gasteiger charge is 2.38. The first kappa shape index (κ1) is 20.2. The fourth-order valence-electron chi connectivity index (χ4n) is 2.64. The highest BCUT2D eigenvalue weighted by Crippen LogP contribution is 2.28. The number of alkyl halides is 1. The summed E-state index contributed by atoms with van der Waals surface area (Å²) in [6.45, 7) is -0.863. The zero-order valence-corrected chi connectivity index (χ0v) is 16.4. The van der Waals surface area contributed by atoms with E-state index in [4.69, 9.17) is 0 Å². The first-order valence-corrected chi connectivity index (χ1v) is 11.3. The highest BCUT2D eigenvalue weighted by atomic mass is 32.3. The standard InChI is InChI=1S/C20H18FNO4S2/c21-20(17-10-4-1-5-11-17)16-22(27(23,24)18-12-6-2-7-13-18)28(25,26)19-14-8-3-9-15-19/h1-15,20H,16H2. The van der Waals surface area contributed by atoms with E-state index in [1.807, 2.05) is 0 Å². The van der Waals surface area contributed by atoms with Gasteiger partial charge in [0, 0.05) is 0 Å². The van der Waals surface area contributed by atoms with Gasteiger partial charge < -0.3 is 0 Å². The summed E-state index contributed by atoms with van der Waals surface area (Å²) >= 11 is 0. The summed E-state index contributed by atoms with van der Waals surface area (Å²) in [6, 6.07) is 22.1. The Morgan fingerprint density at radius 3 is 1.39 bits per heavy atom. The summed E-state index contributed by atoms with van der Waals surface area (Å²) in [7, 11) is -9.01. The summed E-state index contributed by atoms with van der Waals surface area (Å²) in [4.78, 5) is -0.454. The van der Waals surface area contributed by atoms with E-state index < -0.39 is 32.8 Å². The molecule has 0 fully saturated rings. The third-order valence-corrected chi connectivity index (χ3v) is 8.37. The molecule has 8 heteroatoms. The maximum atomic E-state index is 14.9. The third kappa shape index (κ3) is 4.14. The second kappa shape index (κ2) is 8.22. The van der Waals surface area contributed by atoms with Crippen LogP contribution in [-0.4, -0.2) is 27.1 Å². The predicted molar refractivity (Wildman–Crippen MR) is 104 cm³/mol. The van der Waals surface area contributed by atoms with Crippen molar-refractivity contribution in [3.05, 3.63) is 96.6 Å². The molecule has 0 radical (unpaired) electrons. The van der Waals surface area contributed by atoms with Crippen LogP contribution in [0.25, 0.3) is 0 Å². The van der Waals surface area contributed by atoms with E-state index in [0.29, 0.717) is 0 Å². The molecule has 1 unspecified atom stereocenters. The van der Waals surface area contributed by atoms with Crippen LogP contribution >= 0.6 is 0 Å². The van der Waals surface area contributed by atoms with Crippen molar-refractivity contribution in [2.75, 3.05) is 6.54 Å². The van der Waals surface area contributed by atoms with E-state index in [9.17, 15) is 21.2 Å². The van der Waals surface area contributed by atoms with Crippen LogP contribution in [0.3, 0.4) is 0 Å². The SMILES string of the molecule is O=S(=O)(c1ccccc1)N(CC(F)c1ccccc1)S(=O)(=O)c1ccccc1. The Morgan fingerprint density at radius 1 is 0.643 bits per heavy atom. The lowest BCUT2D eigenvalue weighted by Crippen LogP contribution is -2.39. The molecule has 0 aliphatic carbocycles. The van der Waals surface area contributed by atoms with Crippen LogP contribution in [0.2, 0.25) is 0 Å². The minimum Gasteiger partial charge on any atom is -0.241 e. The molecule has 0 bridgehead atoms. The number of halogens is 1. The molecule has 1 atom stereocenters. The molecule has 5 nitrogen and oxygen atoms in total. The molecule has 0 saturated carbocycles. The highest BCUT2D eigenvalue weighted by molar-refractivity contribution is 8.04. The Kier molecular flexibility index (Phi) is 5.93. The van der Waals surface area contributed by atoms with Crippen molar-refractivity contribution in [3.8, 4) is 0 Å². The van der Waals surface area contributed by atoms with Gasteiger partial charge in [0.1, 0.15) is 6.17 Å². The Labute approximate surface area is 164 Å². The molecule has 0 amide bonds. The summed E-state index contributed by atoms with van der Waals surface area (Å²) in [5.41, 5.74) is 0.194. The average Bonchev–Trinajstić information content (AvgIpc) is 2.73. The van der Waals surface area contributed by atoms with Crippen LogP contribution < -0.4 is 0 Å². The second-order valence-electron chi connectivity index (χ2n) is 5.97. The molecule has 0 aliphatic heterocycles. The lowest BCUT2D eigenvalue weighted by Gasteiger charge is -2.24. The fourth-order valence-corrected chi connectivity index (χ4v) is 6.32. The average molecular weight is 419 g/mol. The van der Waals surface area contributed by atoms with Crippen molar-refractivity contribution in [1.29, 1.82) is 0 Å². The molecule has 146 valence electrons. The number of benzene rings is 3. The minimum absolute atomic E-state index is 0.194. The Morgan fingerprint density at radius 2 is 1.00 bits per heavy atom. The molecule has 28 heavy (non-hydrogen) atoms. The molecule has 3 aromatic carbocycles. The second-order valence-corrected chi connectivity index (χ2v) is 9.93. The maximum Gasteiger partial charge on any atom is 0.256 e. The first-order valence-electron chi connectivity index (χ1n) is 8.40. The van der Waals surface area contributed by atoms with Crippen molar-refractivity contribution < 1.29 is 21.2 Å². The molecule has 0 aliphatic rings. The molecule has 0 saturated heterocycles. The van der Waals surface area contributed by atoms with Crippen molar-refractivity contribution in [2.24, 2.45) is 0 Å². The monoisotopic (exact) mass is 419 g/mol. The van der Waals surface area contributed by atoms with Crippen molar-refractivity contribution in [1.82, 2.24) is 3.71 Å². The molecular weight excluding hydrogens is 401 g/mol. The normalized spacial score (nSPS) is 13.4. The van der Waals surface area contributed by atoms with Crippen molar-refractivity contribution >= 4 is 20.0 Å². The molecule has 0 spiro atoms. The number of sulfonamides is 2. The summed E-state index contributed by atoms with van der Waals surface area (Å²) in [6.07, 6.45) is -1.82. The largest absolute Gasteiger partial charge is 0.256 e. The first-order chi connectivity index (χ1) is 13.3. The van der Waals surface area contributed by atoms with Gasteiger partial charge in [-0.3, -0.25) is 0 Å². The van der Waals surface area contributed by atoms with Crippen LogP contribution in [0.5, 0.6) is 0 Å². The van der Waals surface area contributed by atoms with Crippen LogP contribution in [0.15, 0.2) is 101 Å². The van der Waals surface area contributed by atoms with E-state index in [2.05, 4.69) is 0 Å². The molecule has 0 aromatic heterocycles. The van der Waals surface area contributed by atoms with E-state index in [1.54, 1.807) is 30.3 Å². The number of nitrogens with zero attached hydrogens (tertiary/aromatic N) is 1. The van der Waals surface area contributed by atoms with Gasteiger partial charge in [0.05, 0.1) is 16.3 Å². The van der Waals surface area contributed by atoms with E-state index in [-0.39, 0.29) is 19.1 Å². The van der Waals surface area contributed by atoms with Crippen LogP contribution in [0.4, 0.5) is 4.39 Å². The van der Waals surface area contributed by atoms with Crippen molar-refractivity contribution in [3.63, 3.8) is 0 Å². The van der Waals surface area contributed by atoms with Gasteiger partial charge in [-0.25, -0.2) is 21.2 Å². The Bertz CT molecular complexity index is 1050. The van der Waals surface area contributed by atoms with E-state index in [1.165, 1.54) is 60.7 Å². The van der Waals surface area contributed by atoms with Crippen LogP contribution in [-0.2, 0) is 20.0 Å². The Balaban J connectivity index is 2.09. The number of hydrogen-bond acceptors (Lipinski definition) is 4. The molecule has 0 N–H and O–H groups in total. The number of hydrogen-bond donors (Lipinski definition) is 0. The van der Waals surface area contributed by atoms with Crippen LogP contribution in [0.1, 0.15) is 11.7 Å². The van der Waals surface area contributed by atoms with Gasteiger partial charge in [-0.2, -0.15) is 0 Å². The van der Waals surface area contributed by atoms with Gasteiger partial charge in [0.2, 0.25) is 0 Å². The molecule has 3 aromatic rings. The van der Waals surface area contributed by atoms with Crippen molar-refractivity contribution in [2.45, 2.75) is 16.0 Å². The van der Waals surface area contributed by atoms with Gasteiger partial charge in [-0.05, 0) is 29.8 Å². The minimum atomic E-state index is -4.50. The summed E-state index contributed by atoms with van der Waals surface area (Å²) in [5, 5.41) is 0. The quantitative estimate of drug-likeness (QED) is 0.584. The van der Waals surface area contributed by atoms with Gasteiger partial charge in [-0.1, -0.05) is 70.4 Å². The Hall–Kier alpha value is -2.55. The lowest BCUT2D eigenvalue weighted by molar-refractivity contribution is 0.308. The van der Waals surface area contributed by atoms with Gasteiger partial charge in [0.15, 0.2) is 0 Å². The predicted octanol–water partition coefficient (Wildman–Crippen LogP) is 3.78.